The Balaban J connectivity index is 1.10. The lowest BCUT2D eigenvalue weighted by atomic mass is 10.00. The lowest BCUT2D eigenvalue weighted by molar-refractivity contribution is -0.120. The molecule has 0 spiro atoms. The van der Waals surface area contributed by atoms with Gasteiger partial charge in [-0.2, -0.15) is 0 Å². The number of likely N-dealkylation sites (tertiary alicyclic amines) is 1. The predicted molar refractivity (Wildman–Crippen MR) is 136 cm³/mol. The Hall–Kier alpha value is -3.82. The number of piperidine rings is 1. The number of ether oxygens (including phenoxy) is 2. The van der Waals surface area contributed by atoms with E-state index < -0.39 is 0 Å². The first kappa shape index (κ1) is 23.9. The van der Waals surface area contributed by atoms with Crippen molar-refractivity contribution >= 4 is 17.9 Å². The van der Waals surface area contributed by atoms with Crippen LogP contribution in [0.3, 0.4) is 0 Å². The van der Waals surface area contributed by atoms with Gasteiger partial charge < -0.3 is 19.7 Å². The van der Waals surface area contributed by atoms with Crippen LogP contribution in [0.15, 0.2) is 73.1 Å². The third-order valence-electron chi connectivity index (χ3n) is 6.43. The van der Waals surface area contributed by atoms with Gasteiger partial charge in [0.25, 0.3) is 6.47 Å². The Kier molecular flexibility index (Phi) is 7.80. The molecule has 1 N–H and O–H groups in total. The van der Waals surface area contributed by atoms with E-state index >= 15 is 0 Å². The summed E-state index contributed by atoms with van der Waals surface area (Å²) in [5.41, 5.74) is 2.89. The molecule has 36 heavy (non-hydrogen) atoms. The van der Waals surface area contributed by atoms with Crippen LogP contribution in [-0.2, 0) is 9.53 Å². The molecule has 0 amide bonds. The highest BCUT2D eigenvalue weighted by Crippen LogP contribution is 2.30. The minimum absolute atomic E-state index is 0.0502. The van der Waals surface area contributed by atoms with Gasteiger partial charge in [0, 0.05) is 25.7 Å². The predicted octanol–water partition coefficient (Wildman–Crippen LogP) is 3.73. The first-order chi connectivity index (χ1) is 17.8. The molecule has 9 nitrogen and oxygen atoms in total. The van der Waals surface area contributed by atoms with Gasteiger partial charge >= 0.3 is 0 Å². The minimum atomic E-state index is -0.0502. The largest absolute Gasteiger partial charge is 0.425 e. The van der Waals surface area contributed by atoms with Crippen molar-refractivity contribution in [3.05, 3.63) is 84.2 Å². The summed E-state index contributed by atoms with van der Waals surface area (Å²) < 4.78 is 13.1. The average Bonchev–Trinajstić information content (AvgIpc) is 3.39. The molecule has 4 aromatic rings. The molecular formula is C27H30N6O3. The van der Waals surface area contributed by atoms with Gasteiger partial charge in [-0.3, -0.25) is 4.79 Å². The van der Waals surface area contributed by atoms with Crippen LogP contribution in [0.5, 0.6) is 5.75 Å². The van der Waals surface area contributed by atoms with Crippen LogP contribution >= 0.6 is 0 Å². The molecule has 2 aromatic carbocycles. The summed E-state index contributed by atoms with van der Waals surface area (Å²) in [4.78, 5) is 17.4. The quantitative estimate of drug-likeness (QED) is 0.253. The van der Waals surface area contributed by atoms with Crippen molar-refractivity contribution in [2.45, 2.75) is 31.5 Å². The van der Waals surface area contributed by atoms with Crippen LogP contribution in [0, 0.1) is 0 Å². The Labute approximate surface area is 210 Å². The van der Waals surface area contributed by atoms with E-state index in [1.807, 2.05) is 12.1 Å². The molecule has 3 heterocycles. The molecule has 0 saturated carbocycles. The Morgan fingerprint density at radius 3 is 2.39 bits per heavy atom. The lowest BCUT2D eigenvalue weighted by Crippen LogP contribution is -2.38. The summed E-state index contributed by atoms with van der Waals surface area (Å²) in [5, 5.41) is 11.6. The minimum Gasteiger partial charge on any atom is -0.425 e. The zero-order chi connectivity index (χ0) is 24.6. The van der Waals surface area contributed by atoms with Crippen LogP contribution in [0.2, 0.25) is 0 Å². The smallest absolute Gasteiger partial charge is 0.298 e. The van der Waals surface area contributed by atoms with Crippen molar-refractivity contribution < 1.29 is 14.3 Å². The summed E-state index contributed by atoms with van der Waals surface area (Å²) in [5.74, 6) is 0.815. The van der Waals surface area contributed by atoms with Crippen molar-refractivity contribution in [2.24, 2.45) is 0 Å². The second-order valence-corrected chi connectivity index (χ2v) is 8.84. The second-order valence-electron chi connectivity index (χ2n) is 8.84. The first-order valence-electron chi connectivity index (χ1n) is 12.3. The monoisotopic (exact) mass is 486 g/mol. The first-order valence-corrected chi connectivity index (χ1v) is 12.3. The molecular weight excluding hydrogens is 456 g/mol. The maximum atomic E-state index is 10.9. The van der Waals surface area contributed by atoms with E-state index in [2.05, 4.69) is 73.9 Å². The highest BCUT2D eigenvalue weighted by Gasteiger charge is 2.24. The van der Waals surface area contributed by atoms with Crippen molar-refractivity contribution in [1.29, 1.82) is 0 Å². The van der Waals surface area contributed by atoms with Crippen molar-refractivity contribution in [1.82, 2.24) is 24.7 Å². The summed E-state index contributed by atoms with van der Waals surface area (Å²) in [6.07, 6.45) is 4.53. The highest BCUT2D eigenvalue weighted by molar-refractivity contribution is 5.60. The molecule has 1 saturated heterocycles. The van der Waals surface area contributed by atoms with Crippen LogP contribution in [0.25, 0.3) is 5.65 Å². The molecule has 0 aliphatic carbocycles. The number of aromatic nitrogens is 4. The van der Waals surface area contributed by atoms with Gasteiger partial charge in [-0.1, -0.05) is 60.7 Å². The average molecular weight is 487 g/mol. The van der Waals surface area contributed by atoms with Crippen molar-refractivity contribution in [3.8, 4) is 5.75 Å². The number of anilines is 1. The van der Waals surface area contributed by atoms with Crippen molar-refractivity contribution in [2.75, 3.05) is 31.5 Å². The third kappa shape index (κ3) is 5.87. The zero-order valence-corrected chi connectivity index (χ0v) is 20.1. The molecule has 1 aliphatic heterocycles. The number of hydrogen-bond donors (Lipinski definition) is 1. The zero-order valence-electron chi connectivity index (χ0n) is 20.1. The summed E-state index contributed by atoms with van der Waals surface area (Å²) in [7, 11) is 0. The number of hydrogen-bond acceptors (Lipinski definition) is 8. The van der Waals surface area contributed by atoms with E-state index in [4.69, 9.17) is 9.47 Å². The van der Waals surface area contributed by atoms with Crippen LogP contribution in [0.1, 0.15) is 36.5 Å². The number of carbonyl (C=O) groups is 1. The molecule has 0 bridgehead atoms. The molecule has 186 valence electrons. The van der Waals surface area contributed by atoms with Crippen molar-refractivity contribution in [3.63, 3.8) is 0 Å². The SMILES string of the molecule is O=COc1cc2ncnn2nc1NCCCN1CCC(OC(c2ccccc2)c2ccccc2)CC1. The molecule has 9 heteroatoms. The van der Waals surface area contributed by atoms with Gasteiger partial charge in [-0.05, 0) is 36.9 Å². The molecule has 2 aromatic heterocycles. The molecule has 5 rings (SSSR count). The van der Waals surface area contributed by atoms with Gasteiger partial charge in [-0.25, -0.2) is 4.98 Å². The van der Waals surface area contributed by atoms with Gasteiger partial charge in [0.05, 0.1) is 6.10 Å². The van der Waals surface area contributed by atoms with Crippen LogP contribution in [-0.4, -0.2) is 63.5 Å². The summed E-state index contributed by atoms with van der Waals surface area (Å²) in [6, 6.07) is 22.5. The van der Waals surface area contributed by atoms with Crippen LogP contribution < -0.4 is 10.1 Å². The van der Waals surface area contributed by atoms with E-state index in [0.29, 0.717) is 30.2 Å². The second kappa shape index (κ2) is 11.7. The fourth-order valence-corrected chi connectivity index (χ4v) is 4.59. The Morgan fingerprint density at radius 2 is 1.72 bits per heavy atom. The maximum Gasteiger partial charge on any atom is 0.298 e. The summed E-state index contributed by atoms with van der Waals surface area (Å²) >= 11 is 0. The van der Waals surface area contributed by atoms with Gasteiger partial charge in [0.2, 0.25) is 0 Å². The molecule has 1 aliphatic rings. The standard InChI is InChI=1S/C27H30N6O3/c34-20-35-24-18-25-29-19-30-33(25)31-27(24)28-14-7-15-32-16-12-23(13-17-32)36-26(21-8-3-1-4-9-21)22-10-5-2-6-11-22/h1-6,8-11,18-20,23,26H,7,12-17H2,(H,28,31). The normalized spacial score (nSPS) is 14.8. The van der Waals surface area contributed by atoms with E-state index in [1.165, 1.54) is 22.1 Å². The Bertz CT molecular complexity index is 1200. The fourth-order valence-electron chi connectivity index (χ4n) is 4.59. The molecule has 0 atom stereocenters. The number of fused-ring (bicyclic) bond motifs is 1. The van der Waals surface area contributed by atoms with Crippen LogP contribution in [0.4, 0.5) is 5.82 Å². The number of rotatable bonds is 11. The number of carbonyl (C=O) groups excluding carboxylic acids is 1. The fraction of sp³-hybridized carbons (Fsp3) is 0.333. The topological polar surface area (TPSA) is 93.9 Å². The van der Waals surface area contributed by atoms with Gasteiger partial charge in [-0.15, -0.1) is 14.8 Å². The van der Waals surface area contributed by atoms with E-state index in [0.717, 1.165) is 38.9 Å². The van der Waals surface area contributed by atoms with Gasteiger partial charge in [0.1, 0.15) is 12.4 Å². The molecule has 0 unspecified atom stereocenters. The van der Waals surface area contributed by atoms with E-state index in [-0.39, 0.29) is 12.2 Å². The lowest BCUT2D eigenvalue weighted by Gasteiger charge is -2.34. The third-order valence-corrected chi connectivity index (χ3v) is 6.43. The number of benzene rings is 2. The van der Waals surface area contributed by atoms with Gasteiger partial charge in [0.15, 0.2) is 17.2 Å². The highest BCUT2D eigenvalue weighted by atomic mass is 16.5. The number of nitrogens with one attached hydrogen (secondary N) is 1. The molecule has 0 radical (unpaired) electrons. The number of nitrogens with zero attached hydrogens (tertiary/aromatic N) is 5. The summed E-state index contributed by atoms with van der Waals surface area (Å²) in [6.45, 7) is 4.06. The van der Waals surface area contributed by atoms with E-state index in [9.17, 15) is 4.79 Å². The maximum absolute atomic E-state index is 10.9. The Morgan fingerprint density at radius 1 is 1.03 bits per heavy atom. The van der Waals surface area contributed by atoms with E-state index in [1.54, 1.807) is 6.07 Å². The molecule has 1 fully saturated rings.